The molecule has 1 amide bonds. The zero-order valence-corrected chi connectivity index (χ0v) is 12.5. The van der Waals surface area contributed by atoms with Crippen LogP contribution in [-0.2, 0) is 4.79 Å². The van der Waals surface area contributed by atoms with Gasteiger partial charge in [-0.1, -0.05) is 36.4 Å². The minimum Gasteiger partial charge on any atom is -0.454 e. The first kappa shape index (κ1) is 12.1. The monoisotopic (exact) mass is 310 g/mol. The number of carbonyl (C=O) groups excluding carboxylic acids is 1. The van der Waals surface area contributed by atoms with Gasteiger partial charge in [0.05, 0.1) is 16.3 Å². The summed E-state index contributed by atoms with van der Waals surface area (Å²) in [6.45, 7) is 0. The standard InChI is InChI=1S/C20H10N2O2/c23-15-9-12-16-10-5-1-3-7-13(10)21-19(16)20-17(18(12)22-15)11-6-2-4-8-14(11)24-20/h1-9,21H. The van der Waals surface area contributed by atoms with Gasteiger partial charge in [-0.25, -0.2) is 4.99 Å². The van der Waals surface area contributed by atoms with Crippen LogP contribution in [-0.4, -0.2) is 10.9 Å². The molecular weight excluding hydrogens is 300 g/mol. The number of aromatic amines is 1. The van der Waals surface area contributed by atoms with E-state index in [-0.39, 0.29) is 5.91 Å². The smallest absolute Gasteiger partial charge is 0.270 e. The van der Waals surface area contributed by atoms with Crippen LogP contribution >= 0.6 is 0 Å². The van der Waals surface area contributed by atoms with Crippen molar-refractivity contribution in [2.45, 2.75) is 0 Å². The third-order valence-electron chi connectivity index (χ3n) is 4.78. The molecule has 24 heavy (non-hydrogen) atoms. The zero-order valence-electron chi connectivity index (χ0n) is 12.5. The highest BCUT2D eigenvalue weighted by Gasteiger charge is 2.20. The number of furan rings is 1. The summed E-state index contributed by atoms with van der Waals surface area (Å²) < 4.78 is 6.14. The molecule has 2 aromatic heterocycles. The number of hydrogen-bond acceptors (Lipinski definition) is 2. The summed E-state index contributed by atoms with van der Waals surface area (Å²) in [6.07, 6.45) is 1.62. The second-order valence-electron chi connectivity index (χ2n) is 6.08. The van der Waals surface area contributed by atoms with Crippen LogP contribution in [0.4, 0.5) is 0 Å². The van der Waals surface area contributed by atoms with E-state index >= 15 is 0 Å². The lowest BCUT2D eigenvalue weighted by Crippen LogP contribution is -2.22. The normalized spacial score (nSPS) is 13.8. The lowest BCUT2D eigenvalue weighted by Gasteiger charge is -1.95. The molecule has 1 N–H and O–H groups in total. The number of para-hydroxylation sites is 2. The average Bonchev–Trinajstić information content (AvgIpc) is 3.25. The van der Waals surface area contributed by atoms with Crippen molar-refractivity contribution in [3.63, 3.8) is 0 Å². The van der Waals surface area contributed by atoms with Crippen LogP contribution < -0.4 is 10.6 Å². The summed E-state index contributed by atoms with van der Waals surface area (Å²) in [5.41, 5.74) is 3.50. The molecule has 0 atom stereocenters. The van der Waals surface area contributed by atoms with Gasteiger partial charge in [0.1, 0.15) is 5.58 Å². The van der Waals surface area contributed by atoms with Crippen molar-refractivity contribution < 1.29 is 9.21 Å². The Labute approximate surface area is 134 Å². The van der Waals surface area contributed by atoms with Crippen molar-refractivity contribution in [1.82, 2.24) is 4.98 Å². The van der Waals surface area contributed by atoms with Gasteiger partial charge < -0.3 is 9.40 Å². The molecule has 6 rings (SSSR count). The first-order valence-electron chi connectivity index (χ1n) is 7.79. The Morgan fingerprint density at radius 2 is 1.71 bits per heavy atom. The van der Waals surface area contributed by atoms with Gasteiger partial charge in [0, 0.05) is 33.0 Å². The van der Waals surface area contributed by atoms with Crippen LogP contribution in [0.2, 0.25) is 0 Å². The van der Waals surface area contributed by atoms with Crippen molar-refractivity contribution in [1.29, 1.82) is 0 Å². The maximum absolute atomic E-state index is 12.0. The molecule has 0 fully saturated rings. The highest BCUT2D eigenvalue weighted by molar-refractivity contribution is 6.23. The number of nitrogens with zero attached hydrogens (tertiary/aromatic N) is 1. The quantitative estimate of drug-likeness (QED) is 0.477. The molecule has 1 aliphatic heterocycles. The fraction of sp³-hybridized carbons (Fsp3) is 0. The van der Waals surface area contributed by atoms with Crippen molar-refractivity contribution in [3.05, 3.63) is 59.1 Å². The number of carbonyl (C=O) groups is 1. The average molecular weight is 310 g/mol. The number of H-pyrrole nitrogens is 1. The highest BCUT2D eigenvalue weighted by Crippen LogP contribution is 2.33. The predicted octanol–water partition coefficient (Wildman–Crippen LogP) is 3.16. The van der Waals surface area contributed by atoms with Gasteiger partial charge in [0.2, 0.25) is 0 Å². The molecule has 0 unspecified atom stereocenters. The predicted molar refractivity (Wildman–Crippen MR) is 93.3 cm³/mol. The van der Waals surface area contributed by atoms with Gasteiger partial charge in [0.25, 0.3) is 5.91 Å². The van der Waals surface area contributed by atoms with E-state index in [1.807, 2.05) is 42.5 Å². The van der Waals surface area contributed by atoms with Gasteiger partial charge >= 0.3 is 0 Å². The van der Waals surface area contributed by atoms with E-state index < -0.39 is 0 Å². The molecule has 5 aromatic rings. The minimum absolute atomic E-state index is 0.214. The number of benzene rings is 3. The number of aromatic nitrogens is 1. The van der Waals surface area contributed by atoms with Crippen LogP contribution in [0, 0.1) is 0 Å². The summed E-state index contributed by atoms with van der Waals surface area (Å²) in [4.78, 5) is 19.8. The molecule has 0 aliphatic carbocycles. The van der Waals surface area contributed by atoms with Gasteiger partial charge in [-0.15, -0.1) is 0 Å². The topological polar surface area (TPSA) is 58.4 Å². The fourth-order valence-corrected chi connectivity index (χ4v) is 3.82. The van der Waals surface area contributed by atoms with Gasteiger partial charge in [0.15, 0.2) is 5.58 Å². The highest BCUT2D eigenvalue weighted by atomic mass is 16.3. The van der Waals surface area contributed by atoms with E-state index in [1.54, 1.807) is 6.08 Å². The zero-order chi connectivity index (χ0) is 15.8. The van der Waals surface area contributed by atoms with Crippen molar-refractivity contribution in [2.24, 2.45) is 4.99 Å². The number of amides is 1. The third kappa shape index (κ3) is 1.30. The Hall–Kier alpha value is -3.40. The first-order chi connectivity index (χ1) is 11.8. The third-order valence-corrected chi connectivity index (χ3v) is 4.78. The molecule has 112 valence electrons. The SMILES string of the molecule is O=C1C=c2c(c3c4ccccc4oc3c3[nH]c4ccccc4c23)=N1. The Morgan fingerprint density at radius 1 is 0.917 bits per heavy atom. The summed E-state index contributed by atoms with van der Waals surface area (Å²) >= 11 is 0. The fourth-order valence-electron chi connectivity index (χ4n) is 3.82. The number of fused-ring (bicyclic) bond motifs is 10. The maximum atomic E-state index is 12.0. The van der Waals surface area contributed by atoms with Gasteiger partial charge in [-0.2, -0.15) is 0 Å². The number of rotatable bonds is 0. The molecule has 1 aliphatic rings. The lowest BCUT2D eigenvalue weighted by molar-refractivity contribution is -0.112. The Balaban J connectivity index is 2.09. The first-order valence-corrected chi connectivity index (χ1v) is 7.79. The molecule has 0 spiro atoms. The van der Waals surface area contributed by atoms with Gasteiger partial charge in [-0.05, 0) is 12.1 Å². The van der Waals surface area contributed by atoms with Crippen LogP contribution in [0.1, 0.15) is 0 Å². The summed E-state index contributed by atoms with van der Waals surface area (Å²) in [5, 5.41) is 5.57. The maximum Gasteiger partial charge on any atom is 0.270 e. The van der Waals surface area contributed by atoms with E-state index in [2.05, 4.69) is 16.0 Å². The van der Waals surface area contributed by atoms with E-state index in [9.17, 15) is 4.79 Å². The van der Waals surface area contributed by atoms with Crippen LogP contribution in [0.25, 0.3) is 49.8 Å². The van der Waals surface area contributed by atoms with E-state index in [0.717, 1.165) is 54.3 Å². The Bertz CT molecular complexity index is 1360. The summed E-state index contributed by atoms with van der Waals surface area (Å²) in [6, 6.07) is 15.9. The molecule has 0 radical (unpaired) electrons. The molecular formula is C20H10N2O2. The molecule has 0 saturated carbocycles. The van der Waals surface area contributed by atoms with Crippen LogP contribution in [0.15, 0.2) is 57.9 Å². The second kappa shape index (κ2) is 3.92. The summed E-state index contributed by atoms with van der Waals surface area (Å²) in [7, 11) is 0. The Kier molecular flexibility index (Phi) is 1.97. The van der Waals surface area contributed by atoms with Gasteiger partial charge in [-0.3, -0.25) is 4.79 Å². The molecule has 4 heteroatoms. The van der Waals surface area contributed by atoms with E-state index in [4.69, 9.17) is 4.42 Å². The molecule has 4 nitrogen and oxygen atoms in total. The minimum atomic E-state index is -0.214. The number of hydrogen-bond donors (Lipinski definition) is 1. The van der Waals surface area contributed by atoms with Crippen LogP contribution in [0.5, 0.6) is 0 Å². The molecule has 3 heterocycles. The number of nitrogens with one attached hydrogen (secondary N) is 1. The van der Waals surface area contributed by atoms with Crippen molar-refractivity contribution >= 4 is 55.7 Å². The molecule has 0 bridgehead atoms. The van der Waals surface area contributed by atoms with Crippen LogP contribution in [0.3, 0.4) is 0 Å². The largest absolute Gasteiger partial charge is 0.454 e. The Morgan fingerprint density at radius 3 is 2.62 bits per heavy atom. The van der Waals surface area contributed by atoms with E-state index in [0.29, 0.717) is 0 Å². The van der Waals surface area contributed by atoms with Crippen molar-refractivity contribution in [3.8, 4) is 0 Å². The lowest BCUT2D eigenvalue weighted by atomic mass is 10.1. The second-order valence-corrected chi connectivity index (χ2v) is 6.08. The van der Waals surface area contributed by atoms with E-state index in [1.165, 1.54) is 0 Å². The van der Waals surface area contributed by atoms with Crippen molar-refractivity contribution in [2.75, 3.05) is 0 Å². The molecule has 3 aromatic carbocycles. The summed E-state index contributed by atoms with van der Waals surface area (Å²) in [5.74, 6) is -0.214. The molecule has 0 saturated heterocycles.